The molecule has 0 unspecified atom stereocenters. The SMILES string of the molecule is COc1ccc(CNc2ccc(-c3cnco3)c(OC)c2)cn1. The van der Waals surface area contributed by atoms with Gasteiger partial charge in [-0.2, -0.15) is 0 Å². The van der Waals surface area contributed by atoms with Gasteiger partial charge in [-0.05, 0) is 17.7 Å². The zero-order valence-corrected chi connectivity index (χ0v) is 12.9. The Morgan fingerprint density at radius 1 is 1.09 bits per heavy atom. The van der Waals surface area contributed by atoms with Gasteiger partial charge in [0.05, 0.1) is 26.0 Å². The summed E-state index contributed by atoms with van der Waals surface area (Å²) in [5, 5.41) is 3.34. The van der Waals surface area contributed by atoms with Gasteiger partial charge in [-0.1, -0.05) is 6.07 Å². The van der Waals surface area contributed by atoms with E-state index < -0.39 is 0 Å². The van der Waals surface area contributed by atoms with Crippen molar-refractivity contribution in [2.75, 3.05) is 19.5 Å². The maximum Gasteiger partial charge on any atom is 0.212 e. The Morgan fingerprint density at radius 3 is 2.65 bits per heavy atom. The topological polar surface area (TPSA) is 69.4 Å². The largest absolute Gasteiger partial charge is 0.496 e. The van der Waals surface area contributed by atoms with Crippen molar-refractivity contribution in [1.29, 1.82) is 0 Å². The van der Waals surface area contributed by atoms with Crippen molar-refractivity contribution in [2.45, 2.75) is 6.54 Å². The molecular weight excluding hydrogens is 294 g/mol. The first kappa shape index (κ1) is 14.9. The highest BCUT2D eigenvalue weighted by Gasteiger charge is 2.09. The number of oxazole rings is 1. The van der Waals surface area contributed by atoms with E-state index in [4.69, 9.17) is 13.9 Å². The predicted molar refractivity (Wildman–Crippen MR) is 86.6 cm³/mol. The molecule has 1 aromatic carbocycles. The van der Waals surface area contributed by atoms with Gasteiger partial charge in [-0.15, -0.1) is 0 Å². The first-order chi connectivity index (χ1) is 11.3. The number of anilines is 1. The smallest absolute Gasteiger partial charge is 0.212 e. The van der Waals surface area contributed by atoms with Gasteiger partial charge in [0.2, 0.25) is 5.88 Å². The third-order valence-corrected chi connectivity index (χ3v) is 3.40. The van der Waals surface area contributed by atoms with Crippen molar-refractivity contribution in [1.82, 2.24) is 9.97 Å². The Hall–Kier alpha value is -3.02. The van der Waals surface area contributed by atoms with Crippen LogP contribution in [0.2, 0.25) is 0 Å². The highest BCUT2D eigenvalue weighted by Crippen LogP contribution is 2.32. The lowest BCUT2D eigenvalue weighted by Gasteiger charge is -2.11. The van der Waals surface area contributed by atoms with Crippen LogP contribution in [0.1, 0.15) is 5.56 Å². The van der Waals surface area contributed by atoms with Crippen LogP contribution in [0.25, 0.3) is 11.3 Å². The highest BCUT2D eigenvalue weighted by molar-refractivity contribution is 5.69. The van der Waals surface area contributed by atoms with Crippen LogP contribution in [0.3, 0.4) is 0 Å². The number of rotatable bonds is 6. The fourth-order valence-corrected chi connectivity index (χ4v) is 2.19. The molecule has 0 spiro atoms. The second-order valence-corrected chi connectivity index (χ2v) is 4.84. The summed E-state index contributed by atoms with van der Waals surface area (Å²) in [7, 11) is 3.23. The number of nitrogens with zero attached hydrogens (tertiary/aromatic N) is 2. The van der Waals surface area contributed by atoms with E-state index in [1.54, 1.807) is 26.6 Å². The minimum Gasteiger partial charge on any atom is -0.496 e. The first-order valence-corrected chi connectivity index (χ1v) is 7.10. The van der Waals surface area contributed by atoms with Crippen molar-refractivity contribution in [3.05, 3.63) is 54.7 Å². The summed E-state index contributed by atoms with van der Waals surface area (Å²) < 4.78 is 15.8. The number of ether oxygens (including phenoxy) is 2. The molecule has 0 aliphatic carbocycles. The molecule has 3 aromatic rings. The predicted octanol–water partition coefficient (Wildman–Crippen LogP) is 3.37. The maximum absolute atomic E-state index is 5.44. The van der Waals surface area contributed by atoms with Gasteiger partial charge in [0.1, 0.15) is 5.75 Å². The summed E-state index contributed by atoms with van der Waals surface area (Å²) in [4.78, 5) is 8.12. The summed E-state index contributed by atoms with van der Waals surface area (Å²) in [6.07, 6.45) is 4.84. The number of benzene rings is 1. The standard InChI is InChI=1S/C17H17N3O3/c1-21-15-7-13(4-5-14(15)16-10-18-11-23-16)19-8-12-3-6-17(22-2)20-9-12/h3-7,9-11,19H,8H2,1-2H3. The van der Waals surface area contributed by atoms with E-state index in [-0.39, 0.29) is 0 Å². The molecule has 0 fully saturated rings. The third-order valence-electron chi connectivity index (χ3n) is 3.40. The summed E-state index contributed by atoms with van der Waals surface area (Å²) in [6.45, 7) is 0.655. The molecule has 0 aliphatic rings. The van der Waals surface area contributed by atoms with Crippen molar-refractivity contribution in [3.63, 3.8) is 0 Å². The third kappa shape index (κ3) is 3.42. The first-order valence-electron chi connectivity index (χ1n) is 7.10. The van der Waals surface area contributed by atoms with Crippen molar-refractivity contribution in [2.24, 2.45) is 0 Å². The van der Waals surface area contributed by atoms with E-state index in [1.807, 2.05) is 30.3 Å². The maximum atomic E-state index is 5.44. The summed E-state index contributed by atoms with van der Waals surface area (Å²) in [5.41, 5.74) is 2.87. The van der Waals surface area contributed by atoms with Crippen LogP contribution in [-0.4, -0.2) is 24.2 Å². The van der Waals surface area contributed by atoms with Crippen LogP contribution in [0, 0.1) is 0 Å². The van der Waals surface area contributed by atoms with Gasteiger partial charge in [-0.3, -0.25) is 0 Å². The minimum atomic E-state index is 0.604. The van der Waals surface area contributed by atoms with Gasteiger partial charge in [0.25, 0.3) is 0 Å². The fraction of sp³-hybridized carbons (Fsp3) is 0.176. The summed E-state index contributed by atoms with van der Waals surface area (Å²) in [6, 6.07) is 9.64. The molecular formula is C17H17N3O3. The molecule has 23 heavy (non-hydrogen) atoms. The lowest BCUT2D eigenvalue weighted by molar-refractivity contribution is 0.397. The average Bonchev–Trinajstić information content (AvgIpc) is 3.14. The van der Waals surface area contributed by atoms with Crippen LogP contribution >= 0.6 is 0 Å². The van der Waals surface area contributed by atoms with Gasteiger partial charge in [0, 0.05) is 30.6 Å². The molecule has 2 heterocycles. The number of hydrogen-bond donors (Lipinski definition) is 1. The average molecular weight is 311 g/mol. The monoisotopic (exact) mass is 311 g/mol. The Morgan fingerprint density at radius 2 is 2.00 bits per heavy atom. The molecule has 0 radical (unpaired) electrons. The van der Waals surface area contributed by atoms with Crippen LogP contribution < -0.4 is 14.8 Å². The van der Waals surface area contributed by atoms with Crippen molar-refractivity contribution in [3.8, 4) is 23.0 Å². The second kappa shape index (κ2) is 6.83. The molecule has 118 valence electrons. The summed E-state index contributed by atoms with van der Waals surface area (Å²) >= 11 is 0. The fourth-order valence-electron chi connectivity index (χ4n) is 2.19. The van der Waals surface area contributed by atoms with Gasteiger partial charge in [0.15, 0.2) is 12.2 Å². The van der Waals surface area contributed by atoms with Crippen LogP contribution in [-0.2, 0) is 6.54 Å². The molecule has 0 amide bonds. The van der Waals surface area contributed by atoms with Gasteiger partial charge >= 0.3 is 0 Å². The van der Waals surface area contributed by atoms with Crippen molar-refractivity contribution >= 4 is 5.69 Å². The summed E-state index contributed by atoms with van der Waals surface area (Å²) in [5.74, 6) is 2.00. The number of pyridine rings is 1. The van der Waals surface area contributed by atoms with E-state index in [0.29, 0.717) is 18.2 Å². The highest BCUT2D eigenvalue weighted by atomic mass is 16.5. The molecule has 0 bridgehead atoms. The molecule has 0 saturated carbocycles. The lowest BCUT2D eigenvalue weighted by Crippen LogP contribution is -2.01. The molecule has 0 atom stereocenters. The molecule has 6 heteroatoms. The zero-order valence-electron chi connectivity index (χ0n) is 12.9. The van der Waals surface area contributed by atoms with Crippen molar-refractivity contribution < 1.29 is 13.9 Å². The zero-order chi connectivity index (χ0) is 16.1. The number of hydrogen-bond acceptors (Lipinski definition) is 6. The normalized spacial score (nSPS) is 10.3. The number of methoxy groups -OCH3 is 2. The molecule has 0 saturated heterocycles. The van der Waals surface area contributed by atoms with Crippen LogP contribution in [0.5, 0.6) is 11.6 Å². The Balaban J connectivity index is 1.73. The quantitative estimate of drug-likeness (QED) is 0.752. The molecule has 0 aliphatic heterocycles. The molecule has 3 rings (SSSR count). The lowest BCUT2D eigenvalue weighted by atomic mass is 10.1. The van der Waals surface area contributed by atoms with E-state index in [0.717, 1.165) is 22.6 Å². The van der Waals surface area contributed by atoms with E-state index in [9.17, 15) is 0 Å². The van der Waals surface area contributed by atoms with E-state index >= 15 is 0 Å². The molecule has 1 N–H and O–H groups in total. The Bertz CT molecular complexity index is 755. The van der Waals surface area contributed by atoms with E-state index in [2.05, 4.69) is 15.3 Å². The minimum absolute atomic E-state index is 0.604. The van der Waals surface area contributed by atoms with Gasteiger partial charge < -0.3 is 19.2 Å². The Labute approximate surface area is 134 Å². The van der Waals surface area contributed by atoms with Gasteiger partial charge in [-0.25, -0.2) is 9.97 Å². The molecule has 2 aromatic heterocycles. The number of aromatic nitrogens is 2. The number of nitrogens with one attached hydrogen (secondary N) is 1. The van der Waals surface area contributed by atoms with E-state index in [1.165, 1.54) is 6.39 Å². The van der Waals surface area contributed by atoms with Crippen LogP contribution in [0.15, 0.2) is 53.5 Å². The second-order valence-electron chi connectivity index (χ2n) is 4.84. The molecule has 6 nitrogen and oxygen atoms in total. The Kier molecular flexibility index (Phi) is 4.42. The van der Waals surface area contributed by atoms with Crippen LogP contribution in [0.4, 0.5) is 5.69 Å².